The van der Waals surface area contributed by atoms with Crippen LogP contribution < -0.4 is 10.1 Å². The average Bonchev–Trinajstić information content (AvgIpc) is 3.01. The van der Waals surface area contributed by atoms with Gasteiger partial charge in [-0.15, -0.1) is 0 Å². The van der Waals surface area contributed by atoms with Crippen LogP contribution >= 0.6 is 0 Å². The Bertz CT molecular complexity index is 629. The lowest BCUT2D eigenvalue weighted by Crippen LogP contribution is -2.11. The largest absolute Gasteiger partial charge is 0.490 e. The maximum Gasteiger partial charge on any atom is 0.120 e. The minimum Gasteiger partial charge on any atom is -0.490 e. The first-order valence-corrected chi connectivity index (χ1v) is 8.27. The van der Waals surface area contributed by atoms with E-state index >= 15 is 0 Å². The van der Waals surface area contributed by atoms with Crippen molar-refractivity contribution >= 4 is 5.69 Å². The molecule has 2 aromatic carbocycles. The molecular formula is C20H25NO. The van der Waals surface area contributed by atoms with E-state index in [1.165, 1.54) is 48.1 Å². The van der Waals surface area contributed by atoms with Gasteiger partial charge in [0.2, 0.25) is 0 Å². The van der Waals surface area contributed by atoms with Crippen LogP contribution in [0, 0.1) is 13.8 Å². The second-order valence-corrected chi connectivity index (χ2v) is 6.34. The van der Waals surface area contributed by atoms with Gasteiger partial charge in [-0.05, 0) is 74.4 Å². The Balaban J connectivity index is 1.63. The first-order valence-electron chi connectivity index (χ1n) is 8.27. The second-order valence-electron chi connectivity index (χ2n) is 6.34. The number of aryl methyl sites for hydroxylation is 2. The van der Waals surface area contributed by atoms with Crippen LogP contribution in [0.5, 0.6) is 5.75 Å². The molecule has 3 rings (SSSR count). The van der Waals surface area contributed by atoms with Gasteiger partial charge < -0.3 is 10.1 Å². The minimum absolute atomic E-state index is 0.419. The molecule has 1 fully saturated rings. The Morgan fingerprint density at radius 1 is 1.05 bits per heavy atom. The summed E-state index contributed by atoms with van der Waals surface area (Å²) in [7, 11) is 0. The molecule has 0 spiro atoms. The molecule has 0 aromatic heterocycles. The summed E-state index contributed by atoms with van der Waals surface area (Å²) in [6.45, 7) is 5.09. The van der Waals surface area contributed by atoms with Gasteiger partial charge in [0.25, 0.3) is 0 Å². The molecule has 0 aliphatic heterocycles. The van der Waals surface area contributed by atoms with Crippen LogP contribution in [0.15, 0.2) is 42.5 Å². The molecule has 0 bridgehead atoms. The monoisotopic (exact) mass is 295 g/mol. The summed E-state index contributed by atoms with van der Waals surface area (Å²) < 4.78 is 6.08. The lowest BCUT2D eigenvalue weighted by atomic mass is 10.1. The Labute approximate surface area is 133 Å². The molecule has 1 saturated carbocycles. The van der Waals surface area contributed by atoms with Crippen molar-refractivity contribution in [1.82, 2.24) is 0 Å². The molecule has 2 aromatic rings. The van der Waals surface area contributed by atoms with Crippen molar-refractivity contribution in [2.45, 2.75) is 52.2 Å². The van der Waals surface area contributed by atoms with E-state index in [-0.39, 0.29) is 0 Å². The third-order valence-corrected chi connectivity index (χ3v) is 4.38. The number of rotatable bonds is 5. The van der Waals surface area contributed by atoms with E-state index in [1.54, 1.807) is 0 Å². The van der Waals surface area contributed by atoms with Crippen molar-refractivity contribution in [1.29, 1.82) is 0 Å². The topological polar surface area (TPSA) is 21.3 Å². The van der Waals surface area contributed by atoms with Crippen LogP contribution in [-0.2, 0) is 6.54 Å². The second kappa shape index (κ2) is 6.87. The van der Waals surface area contributed by atoms with Gasteiger partial charge in [0.1, 0.15) is 5.75 Å². The highest BCUT2D eigenvalue weighted by Gasteiger charge is 2.16. The third-order valence-electron chi connectivity index (χ3n) is 4.38. The Hall–Kier alpha value is -1.96. The van der Waals surface area contributed by atoms with E-state index in [2.05, 4.69) is 61.6 Å². The predicted octanol–water partition coefficient (Wildman–Crippen LogP) is 5.24. The minimum atomic E-state index is 0.419. The van der Waals surface area contributed by atoms with Gasteiger partial charge in [0.15, 0.2) is 0 Å². The quantitative estimate of drug-likeness (QED) is 0.814. The van der Waals surface area contributed by atoms with Crippen molar-refractivity contribution in [3.8, 4) is 5.75 Å². The van der Waals surface area contributed by atoms with Gasteiger partial charge in [0, 0.05) is 12.2 Å². The first kappa shape index (κ1) is 15.0. The summed E-state index contributed by atoms with van der Waals surface area (Å²) in [5, 5.41) is 3.54. The van der Waals surface area contributed by atoms with Crippen molar-refractivity contribution < 1.29 is 4.74 Å². The number of benzene rings is 2. The predicted molar refractivity (Wildman–Crippen MR) is 92.6 cm³/mol. The summed E-state index contributed by atoms with van der Waals surface area (Å²) in [5.41, 5.74) is 5.04. The van der Waals surface area contributed by atoms with E-state index in [0.29, 0.717) is 6.10 Å². The van der Waals surface area contributed by atoms with Crippen LogP contribution in [-0.4, -0.2) is 6.10 Å². The highest BCUT2D eigenvalue weighted by atomic mass is 16.5. The molecule has 0 amide bonds. The Kier molecular flexibility index (Phi) is 4.67. The normalized spacial score (nSPS) is 15.0. The molecule has 2 nitrogen and oxygen atoms in total. The maximum atomic E-state index is 6.08. The zero-order chi connectivity index (χ0) is 15.4. The highest BCUT2D eigenvalue weighted by Crippen LogP contribution is 2.25. The van der Waals surface area contributed by atoms with E-state index in [9.17, 15) is 0 Å². The first-order chi connectivity index (χ1) is 10.7. The Morgan fingerprint density at radius 3 is 2.68 bits per heavy atom. The van der Waals surface area contributed by atoms with Gasteiger partial charge in [0.05, 0.1) is 6.10 Å². The van der Waals surface area contributed by atoms with Crippen LogP contribution in [0.25, 0.3) is 0 Å². The number of hydrogen-bond acceptors (Lipinski definition) is 2. The molecule has 116 valence electrons. The van der Waals surface area contributed by atoms with Gasteiger partial charge in [-0.3, -0.25) is 0 Å². The SMILES string of the molecule is Cc1ccc(C)c(NCc2cccc(OC3CCCC3)c2)c1. The molecule has 0 unspecified atom stereocenters. The van der Waals surface area contributed by atoms with E-state index in [1.807, 2.05) is 0 Å². The fourth-order valence-corrected chi connectivity index (χ4v) is 3.05. The Morgan fingerprint density at radius 2 is 1.86 bits per heavy atom. The fraction of sp³-hybridized carbons (Fsp3) is 0.400. The molecule has 0 radical (unpaired) electrons. The fourth-order valence-electron chi connectivity index (χ4n) is 3.05. The highest BCUT2D eigenvalue weighted by molar-refractivity contribution is 5.52. The number of nitrogens with one attached hydrogen (secondary N) is 1. The van der Waals surface area contributed by atoms with Crippen LogP contribution in [0.4, 0.5) is 5.69 Å². The van der Waals surface area contributed by atoms with Gasteiger partial charge in [-0.2, -0.15) is 0 Å². The molecule has 0 heterocycles. The van der Waals surface area contributed by atoms with Gasteiger partial charge >= 0.3 is 0 Å². The van der Waals surface area contributed by atoms with Crippen molar-refractivity contribution in [3.05, 3.63) is 59.2 Å². The molecule has 2 heteroatoms. The van der Waals surface area contributed by atoms with Crippen LogP contribution in [0.3, 0.4) is 0 Å². The van der Waals surface area contributed by atoms with Gasteiger partial charge in [-0.25, -0.2) is 0 Å². The summed E-state index contributed by atoms with van der Waals surface area (Å²) in [6, 6.07) is 15.0. The number of anilines is 1. The summed E-state index contributed by atoms with van der Waals surface area (Å²) in [5.74, 6) is 1.01. The van der Waals surface area contributed by atoms with Crippen LogP contribution in [0.2, 0.25) is 0 Å². The summed E-state index contributed by atoms with van der Waals surface area (Å²) in [6.07, 6.45) is 5.43. The van der Waals surface area contributed by atoms with Crippen molar-refractivity contribution in [3.63, 3.8) is 0 Å². The number of hydrogen-bond donors (Lipinski definition) is 1. The standard InChI is InChI=1S/C20H25NO/c1-15-10-11-16(2)20(12-15)21-14-17-6-5-9-19(13-17)22-18-7-3-4-8-18/h5-6,9-13,18,21H,3-4,7-8,14H2,1-2H3. The summed E-state index contributed by atoms with van der Waals surface area (Å²) in [4.78, 5) is 0. The molecule has 1 aliphatic carbocycles. The lowest BCUT2D eigenvalue weighted by molar-refractivity contribution is 0.210. The van der Waals surface area contributed by atoms with Crippen LogP contribution in [0.1, 0.15) is 42.4 Å². The summed E-state index contributed by atoms with van der Waals surface area (Å²) >= 11 is 0. The average molecular weight is 295 g/mol. The smallest absolute Gasteiger partial charge is 0.120 e. The molecular weight excluding hydrogens is 270 g/mol. The molecule has 0 atom stereocenters. The number of ether oxygens (including phenoxy) is 1. The van der Waals surface area contributed by atoms with E-state index in [0.717, 1.165) is 12.3 Å². The molecule has 0 saturated heterocycles. The maximum absolute atomic E-state index is 6.08. The van der Waals surface area contributed by atoms with E-state index < -0.39 is 0 Å². The zero-order valence-corrected chi connectivity index (χ0v) is 13.6. The van der Waals surface area contributed by atoms with Gasteiger partial charge in [-0.1, -0.05) is 24.3 Å². The third kappa shape index (κ3) is 3.82. The van der Waals surface area contributed by atoms with Crippen molar-refractivity contribution in [2.24, 2.45) is 0 Å². The molecule has 1 aliphatic rings. The molecule has 1 N–H and O–H groups in total. The lowest BCUT2D eigenvalue weighted by Gasteiger charge is -2.15. The van der Waals surface area contributed by atoms with Crippen molar-refractivity contribution in [2.75, 3.05) is 5.32 Å². The zero-order valence-electron chi connectivity index (χ0n) is 13.6. The van der Waals surface area contributed by atoms with E-state index in [4.69, 9.17) is 4.74 Å². The molecule has 22 heavy (non-hydrogen) atoms.